The van der Waals surface area contributed by atoms with E-state index in [0.29, 0.717) is 13.1 Å². The summed E-state index contributed by atoms with van der Waals surface area (Å²) >= 11 is 1.58. The molecule has 2 N–H and O–H groups in total. The zero-order valence-electron chi connectivity index (χ0n) is 11.6. The van der Waals surface area contributed by atoms with Crippen LogP contribution in [0.5, 0.6) is 0 Å². The quantitative estimate of drug-likeness (QED) is 0.776. The number of nitrogens with one attached hydrogen (secondary N) is 2. The lowest BCUT2D eigenvalue weighted by atomic mass is 10.1. The Morgan fingerprint density at radius 2 is 2.50 bits per heavy atom. The molecule has 2 heterocycles. The molecule has 1 aliphatic heterocycles. The molecule has 6 nitrogen and oxygen atoms in total. The van der Waals surface area contributed by atoms with Crippen molar-refractivity contribution in [2.45, 2.75) is 25.8 Å². The van der Waals surface area contributed by atoms with Gasteiger partial charge >= 0.3 is 0 Å². The van der Waals surface area contributed by atoms with Crippen molar-refractivity contribution in [1.82, 2.24) is 20.5 Å². The average Bonchev–Trinajstić information content (AvgIpc) is 2.94. The van der Waals surface area contributed by atoms with E-state index in [4.69, 9.17) is 0 Å². The molecule has 2 rings (SSSR count). The van der Waals surface area contributed by atoms with Crippen LogP contribution in [0.4, 0.5) is 0 Å². The Morgan fingerprint density at radius 1 is 1.65 bits per heavy atom. The minimum atomic E-state index is -0.339. The van der Waals surface area contributed by atoms with Crippen LogP contribution in [0.3, 0.4) is 0 Å². The number of piperazine rings is 1. The lowest BCUT2D eigenvalue weighted by Gasteiger charge is -2.33. The maximum Gasteiger partial charge on any atom is 0.237 e. The summed E-state index contributed by atoms with van der Waals surface area (Å²) in [6, 6.07) is -0.339. The van der Waals surface area contributed by atoms with Crippen molar-refractivity contribution < 1.29 is 9.59 Å². The Balaban J connectivity index is 1.76. The number of nitrogens with zero attached hydrogens (tertiary/aromatic N) is 2. The van der Waals surface area contributed by atoms with Gasteiger partial charge in [-0.25, -0.2) is 4.98 Å². The van der Waals surface area contributed by atoms with Gasteiger partial charge in [0.2, 0.25) is 11.8 Å². The van der Waals surface area contributed by atoms with Gasteiger partial charge in [-0.15, -0.1) is 11.3 Å². The SMILES string of the molecule is CCN1CCNC(=O)[C@@H]1CC(=O)NCCc1nccs1. The first kappa shape index (κ1) is 14.9. The van der Waals surface area contributed by atoms with Crippen LogP contribution < -0.4 is 10.6 Å². The van der Waals surface area contributed by atoms with Gasteiger partial charge in [0, 0.05) is 37.6 Å². The van der Waals surface area contributed by atoms with Crippen LogP contribution in [0, 0.1) is 0 Å². The summed E-state index contributed by atoms with van der Waals surface area (Å²) in [6.45, 7) is 4.82. The summed E-state index contributed by atoms with van der Waals surface area (Å²) in [5, 5.41) is 8.60. The normalized spacial score (nSPS) is 19.6. The van der Waals surface area contributed by atoms with Gasteiger partial charge in [0.05, 0.1) is 17.5 Å². The number of amides is 2. The van der Waals surface area contributed by atoms with Crippen molar-refractivity contribution in [1.29, 1.82) is 0 Å². The van der Waals surface area contributed by atoms with Gasteiger partial charge in [-0.2, -0.15) is 0 Å². The number of carbonyl (C=O) groups is 2. The molecule has 0 saturated carbocycles. The maximum absolute atomic E-state index is 11.9. The van der Waals surface area contributed by atoms with Crippen molar-refractivity contribution in [2.24, 2.45) is 0 Å². The Labute approximate surface area is 122 Å². The number of hydrogen-bond donors (Lipinski definition) is 2. The van der Waals surface area contributed by atoms with E-state index >= 15 is 0 Å². The Kier molecular flexibility index (Phi) is 5.49. The zero-order chi connectivity index (χ0) is 14.4. The predicted octanol–water partition coefficient (Wildman–Crippen LogP) is 0.0122. The third-order valence-electron chi connectivity index (χ3n) is 3.37. The van der Waals surface area contributed by atoms with E-state index in [1.807, 2.05) is 17.2 Å². The summed E-state index contributed by atoms with van der Waals surface area (Å²) in [4.78, 5) is 29.9. The zero-order valence-corrected chi connectivity index (χ0v) is 12.4. The highest BCUT2D eigenvalue weighted by Crippen LogP contribution is 2.08. The molecule has 0 spiro atoms. The van der Waals surface area contributed by atoms with Gasteiger partial charge in [-0.3, -0.25) is 14.5 Å². The monoisotopic (exact) mass is 296 g/mol. The third-order valence-corrected chi connectivity index (χ3v) is 4.21. The molecule has 0 radical (unpaired) electrons. The van der Waals surface area contributed by atoms with E-state index in [1.54, 1.807) is 17.5 Å². The first-order chi connectivity index (χ1) is 9.70. The number of rotatable bonds is 6. The molecule has 0 bridgehead atoms. The molecule has 1 aromatic rings. The van der Waals surface area contributed by atoms with E-state index in [9.17, 15) is 9.59 Å². The van der Waals surface area contributed by atoms with Gasteiger partial charge in [-0.1, -0.05) is 6.92 Å². The fourth-order valence-electron chi connectivity index (χ4n) is 2.30. The highest BCUT2D eigenvalue weighted by molar-refractivity contribution is 7.09. The largest absolute Gasteiger partial charge is 0.356 e. The number of thiazole rings is 1. The van der Waals surface area contributed by atoms with Crippen LogP contribution in [0.15, 0.2) is 11.6 Å². The average molecular weight is 296 g/mol. The molecule has 0 aliphatic carbocycles. The predicted molar refractivity (Wildman–Crippen MR) is 77.5 cm³/mol. The molecule has 1 saturated heterocycles. The first-order valence-electron chi connectivity index (χ1n) is 6.87. The van der Waals surface area contributed by atoms with Crippen LogP contribution >= 0.6 is 11.3 Å². The highest BCUT2D eigenvalue weighted by Gasteiger charge is 2.30. The molecule has 1 aliphatic rings. The number of likely N-dealkylation sites (N-methyl/N-ethyl adjacent to an activating group) is 1. The Hall–Kier alpha value is -1.47. The van der Waals surface area contributed by atoms with Crippen LogP contribution in [-0.4, -0.2) is 53.9 Å². The minimum Gasteiger partial charge on any atom is -0.356 e. The van der Waals surface area contributed by atoms with Crippen molar-refractivity contribution in [2.75, 3.05) is 26.2 Å². The molecule has 1 fully saturated rings. The van der Waals surface area contributed by atoms with E-state index in [1.165, 1.54) is 0 Å². The fraction of sp³-hybridized carbons (Fsp3) is 0.615. The number of aromatic nitrogens is 1. The molecule has 1 aromatic heterocycles. The summed E-state index contributed by atoms with van der Waals surface area (Å²) in [7, 11) is 0. The molecule has 0 unspecified atom stereocenters. The molecule has 0 aromatic carbocycles. The standard InChI is InChI=1S/C13H20N4O2S/c1-2-17-7-5-16-13(19)10(17)9-11(18)14-4-3-12-15-6-8-20-12/h6,8,10H,2-5,7,9H2,1H3,(H,14,18)(H,16,19)/t10-/m0/s1. The smallest absolute Gasteiger partial charge is 0.237 e. The lowest BCUT2D eigenvalue weighted by molar-refractivity contribution is -0.133. The molecule has 110 valence electrons. The first-order valence-corrected chi connectivity index (χ1v) is 7.75. The van der Waals surface area contributed by atoms with Gasteiger partial charge < -0.3 is 10.6 Å². The van der Waals surface area contributed by atoms with Crippen LogP contribution in [0.25, 0.3) is 0 Å². The Morgan fingerprint density at radius 3 is 3.20 bits per heavy atom. The summed E-state index contributed by atoms with van der Waals surface area (Å²) in [5.41, 5.74) is 0. The van der Waals surface area contributed by atoms with Crippen molar-refractivity contribution >= 4 is 23.2 Å². The molecular weight excluding hydrogens is 276 g/mol. The summed E-state index contributed by atoms with van der Waals surface area (Å²) in [5.74, 6) is -0.129. The molecular formula is C13H20N4O2S. The second kappa shape index (κ2) is 7.35. The molecule has 1 atom stereocenters. The van der Waals surface area contributed by atoms with E-state index in [0.717, 1.165) is 24.5 Å². The summed E-state index contributed by atoms with van der Waals surface area (Å²) in [6.07, 6.45) is 2.71. The molecule has 2 amide bonds. The second-order valence-electron chi connectivity index (χ2n) is 4.67. The van der Waals surface area contributed by atoms with Gasteiger partial charge in [-0.05, 0) is 6.54 Å². The van der Waals surface area contributed by atoms with E-state index < -0.39 is 0 Å². The number of hydrogen-bond acceptors (Lipinski definition) is 5. The van der Waals surface area contributed by atoms with E-state index in [-0.39, 0.29) is 24.3 Å². The second-order valence-corrected chi connectivity index (χ2v) is 5.64. The Bertz CT molecular complexity index is 449. The third kappa shape index (κ3) is 4.01. The highest BCUT2D eigenvalue weighted by atomic mass is 32.1. The maximum atomic E-state index is 11.9. The van der Waals surface area contributed by atoms with E-state index in [2.05, 4.69) is 15.6 Å². The van der Waals surface area contributed by atoms with Gasteiger partial charge in [0.15, 0.2) is 0 Å². The molecule has 20 heavy (non-hydrogen) atoms. The van der Waals surface area contributed by atoms with Crippen LogP contribution in [0.1, 0.15) is 18.4 Å². The van der Waals surface area contributed by atoms with Crippen molar-refractivity contribution in [3.8, 4) is 0 Å². The summed E-state index contributed by atoms with van der Waals surface area (Å²) < 4.78 is 0. The topological polar surface area (TPSA) is 74.3 Å². The van der Waals surface area contributed by atoms with Gasteiger partial charge in [0.1, 0.15) is 0 Å². The lowest BCUT2D eigenvalue weighted by Crippen LogP contribution is -2.56. The fourth-order valence-corrected chi connectivity index (χ4v) is 2.92. The van der Waals surface area contributed by atoms with Crippen molar-refractivity contribution in [3.05, 3.63) is 16.6 Å². The van der Waals surface area contributed by atoms with Crippen LogP contribution in [0.2, 0.25) is 0 Å². The molecule has 7 heteroatoms. The van der Waals surface area contributed by atoms with Crippen molar-refractivity contribution in [3.63, 3.8) is 0 Å². The number of carbonyl (C=O) groups excluding carboxylic acids is 2. The van der Waals surface area contributed by atoms with Crippen LogP contribution in [-0.2, 0) is 16.0 Å². The minimum absolute atomic E-state index is 0.0480. The van der Waals surface area contributed by atoms with Gasteiger partial charge in [0.25, 0.3) is 0 Å².